The van der Waals surface area contributed by atoms with Gasteiger partial charge in [-0.15, -0.1) is 0 Å². The van der Waals surface area contributed by atoms with E-state index >= 15 is 0 Å². The molecule has 3 rings (SSSR count). The summed E-state index contributed by atoms with van der Waals surface area (Å²) in [6, 6.07) is 14.6. The van der Waals surface area contributed by atoms with Crippen LogP contribution in [0.5, 0.6) is 0 Å². The first kappa shape index (κ1) is 14.7. The molecule has 1 aliphatic heterocycles. The van der Waals surface area contributed by atoms with Gasteiger partial charge in [0.15, 0.2) is 9.84 Å². The molecule has 1 heterocycles. The van der Waals surface area contributed by atoms with Crippen LogP contribution in [-0.4, -0.2) is 27.4 Å². The molecule has 2 aromatic rings. The minimum atomic E-state index is -3.71. The Kier molecular flexibility index (Phi) is 3.45. The van der Waals surface area contributed by atoms with Gasteiger partial charge in [-0.25, -0.2) is 8.42 Å². The van der Waals surface area contributed by atoms with Crippen LogP contribution in [0.25, 0.3) is 16.0 Å². The van der Waals surface area contributed by atoms with Crippen molar-refractivity contribution < 1.29 is 13.5 Å². The monoisotopic (exact) mass is 314 g/mol. The SMILES string of the molecule is CN(C)/C([O-])=C1/c2ccccc2-c2ccccc2CS1(=O)=O. The lowest BCUT2D eigenvalue weighted by Crippen LogP contribution is -2.26. The number of rotatable bonds is 1. The van der Waals surface area contributed by atoms with Gasteiger partial charge < -0.3 is 10.0 Å². The topological polar surface area (TPSA) is 60.4 Å². The van der Waals surface area contributed by atoms with Gasteiger partial charge in [-0.1, -0.05) is 48.5 Å². The van der Waals surface area contributed by atoms with Gasteiger partial charge in [-0.2, -0.15) is 0 Å². The second-order valence-electron chi connectivity index (χ2n) is 5.49. The van der Waals surface area contributed by atoms with Gasteiger partial charge in [0.25, 0.3) is 0 Å². The van der Waals surface area contributed by atoms with Crippen molar-refractivity contribution in [3.63, 3.8) is 0 Å². The third-order valence-electron chi connectivity index (χ3n) is 3.74. The summed E-state index contributed by atoms with van der Waals surface area (Å²) in [4.78, 5) is 1.18. The van der Waals surface area contributed by atoms with Gasteiger partial charge in [-0.05, 0) is 22.6 Å². The molecule has 1 aliphatic rings. The maximum Gasteiger partial charge on any atom is 0.183 e. The van der Waals surface area contributed by atoms with E-state index in [2.05, 4.69) is 0 Å². The fourth-order valence-corrected chi connectivity index (χ4v) is 4.49. The summed E-state index contributed by atoms with van der Waals surface area (Å²) in [5.41, 5.74) is 2.84. The summed E-state index contributed by atoms with van der Waals surface area (Å²) in [7, 11) is -0.584. The molecular formula is C17H16NO3S-. The van der Waals surface area contributed by atoms with Gasteiger partial charge in [0.05, 0.1) is 10.7 Å². The van der Waals surface area contributed by atoms with E-state index in [9.17, 15) is 13.5 Å². The van der Waals surface area contributed by atoms with Crippen LogP contribution >= 0.6 is 0 Å². The Morgan fingerprint density at radius 1 is 0.955 bits per heavy atom. The predicted molar refractivity (Wildman–Crippen MR) is 85.1 cm³/mol. The van der Waals surface area contributed by atoms with Crippen LogP contribution in [0.3, 0.4) is 0 Å². The molecule has 5 heteroatoms. The number of hydrogen-bond donors (Lipinski definition) is 0. The van der Waals surface area contributed by atoms with Crippen LogP contribution in [0.1, 0.15) is 11.1 Å². The van der Waals surface area contributed by atoms with E-state index < -0.39 is 15.7 Å². The Balaban J connectivity index is 2.45. The van der Waals surface area contributed by atoms with E-state index in [0.29, 0.717) is 5.56 Å². The van der Waals surface area contributed by atoms with Crippen LogP contribution in [-0.2, 0) is 15.6 Å². The number of nitrogens with zero attached hydrogens (tertiary/aromatic N) is 1. The second kappa shape index (κ2) is 5.18. The van der Waals surface area contributed by atoms with E-state index in [4.69, 9.17) is 0 Å². The minimum Gasteiger partial charge on any atom is -0.859 e. The third kappa shape index (κ3) is 2.27. The molecular weight excluding hydrogens is 298 g/mol. The molecule has 4 nitrogen and oxygen atoms in total. The van der Waals surface area contributed by atoms with Crippen molar-refractivity contribution in [3.05, 3.63) is 65.5 Å². The van der Waals surface area contributed by atoms with Crippen LogP contribution in [0, 0.1) is 0 Å². The molecule has 0 spiro atoms. The number of fused-ring (bicyclic) bond motifs is 3. The van der Waals surface area contributed by atoms with E-state index in [0.717, 1.165) is 16.7 Å². The fourth-order valence-electron chi connectivity index (χ4n) is 2.72. The fraction of sp³-hybridized carbons (Fsp3) is 0.176. The minimum absolute atomic E-state index is 0.121. The second-order valence-corrected chi connectivity index (χ2v) is 7.42. The average molecular weight is 314 g/mol. The Morgan fingerprint density at radius 3 is 2.14 bits per heavy atom. The molecule has 114 valence electrons. The van der Waals surface area contributed by atoms with Crippen LogP contribution < -0.4 is 5.11 Å². The summed E-state index contributed by atoms with van der Waals surface area (Å²) in [6.45, 7) is 0. The average Bonchev–Trinajstić information content (AvgIpc) is 2.57. The molecule has 0 radical (unpaired) electrons. The van der Waals surface area contributed by atoms with Crippen molar-refractivity contribution in [1.82, 2.24) is 4.90 Å². The molecule has 0 amide bonds. The van der Waals surface area contributed by atoms with Gasteiger partial charge in [-0.3, -0.25) is 0 Å². The lowest BCUT2D eigenvalue weighted by molar-refractivity contribution is -0.326. The Morgan fingerprint density at radius 2 is 1.50 bits per heavy atom. The molecule has 0 unspecified atom stereocenters. The summed E-state index contributed by atoms with van der Waals surface area (Å²) < 4.78 is 25.6. The molecule has 2 aromatic carbocycles. The summed E-state index contributed by atoms with van der Waals surface area (Å²) in [5.74, 6) is -0.646. The standard InChI is InChI=1S/C17H17NO3S/c1-18(2)17(19)16-15-10-6-5-9-14(15)13-8-4-3-7-12(13)11-22(16,20)21/h3-10,19H,11H2,1-2H3/p-1/b17-16+. The largest absolute Gasteiger partial charge is 0.859 e. The molecule has 22 heavy (non-hydrogen) atoms. The van der Waals surface area contributed by atoms with Crippen molar-refractivity contribution in [2.24, 2.45) is 0 Å². The smallest absolute Gasteiger partial charge is 0.183 e. The van der Waals surface area contributed by atoms with Crippen molar-refractivity contribution in [2.45, 2.75) is 5.75 Å². The zero-order valence-electron chi connectivity index (χ0n) is 12.4. The number of benzene rings is 2. The summed E-state index contributed by atoms with van der Waals surface area (Å²) >= 11 is 0. The number of hydrogen-bond acceptors (Lipinski definition) is 4. The summed E-state index contributed by atoms with van der Waals surface area (Å²) in [5, 5.41) is 12.5. The summed E-state index contributed by atoms with van der Waals surface area (Å²) in [6.07, 6.45) is 0. The van der Waals surface area contributed by atoms with Gasteiger partial charge >= 0.3 is 0 Å². The quantitative estimate of drug-likeness (QED) is 0.754. The van der Waals surface area contributed by atoms with Crippen molar-refractivity contribution in [2.75, 3.05) is 14.1 Å². The zero-order valence-corrected chi connectivity index (χ0v) is 13.2. The highest BCUT2D eigenvalue weighted by molar-refractivity contribution is 8.00. The Hall–Kier alpha value is -2.27. The van der Waals surface area contributed by atoms with E-state index in [1.165, 1.54) is 4.90 Å². The Bertz CT molecular complexity index is 867. The maximum atomic E-state index is 12.8. The molecule has 0 atom stereocenters. The van der Waals surface area contributed by atoms with Gasteiger partial charge in [0, 0.05) is 19.7 Å². The maximum absolute atomic E-state index is 12.8. The number of sulfone groups is 1. The highest BCUT2D eigenvalue weighted by Gasteiger charge is 2.29. The molecule has 0 aliphatic carbocycles. The van der Waals surface area contributed by atoms with E-state index in [-0.39, 0.29) is 10.7 Å². The molecule has 0 N–H and O–H groups in total. The third-order valence-corrected chi connectivity index (χ3v) is 5.44. The Labute approximate surface area is 130 Å². The first-order chi connectivity index (χ1) is 10.4. The highest BCUT2D eigenvalue weighted by Crippen LogP contribution is 2.40. The van der Waals surface area contributed by atoms with E-state index in [1.807, 2.05) is 30.3 Å². The van der Waals surface area contributed by atoms with Crippen LogP contribution in [0.2, 0.25) is 0 Å². The highest BCUT2D eigenvalue weighted by atomic mass is 32.2. The van der Waals surface area contributed by atoms with Crippen molar-refractivity contribution in [3.8, 4) is 11.1 Å². The lowest BCUT2D eigenvalue weighted by Gasteiger charge is -2.26. The van der Waals surface area contributed by atoms with Gasteiger partial charge in [0.2, 0.25) is 0 Å². The predicted octanol–water partition coefficient (Wildman–Crippen LogP) is 1.83. The van der Waals surface area contributed by atoms with Gasteiger partial charge in [0.1, 0.15) is 0 Å². The molecule has 0 bridgehead atoms. The lowest BCUT2D eigenvalue weighted by atomic mass is 9.96. The van der Waals surface area contributed by atoms with Crippen molar-refractivity contribution >= 4 is 14.7 Å². The molecule has 0 saturated heterocycles. The normalized spacial score (nSPS) is 17.9. The van der Waals surface area contributed by atoms with Crippen LogP contribution in [0.4, 0.5) is 0 Å². The molecule has 0 fully saturated rings. The molecule has 0 aromatic heterocycles. The van der Waals surface area contributed by atoms with Crippen molar-refractivity contribution in [1.29, 1.82) is 0 Å². The van der Waals surface area contributed by atoms with Crippen LogP contribution in [0.15, 0.2) is 54.4 Å². The molecule has 0 saturated carbocycles. The first-order valence-corrected chi connectivity index (χ1v) is 8.56. The zero-order chi connectivity index (χ0) is 15.9. The first-order valence-electron chi connectivity index (χ1n) is 6.91. The van der Waals surface area contributed by atoms with E-state index in [1.54, 1.807) is 32.3 Å².